The van der Waals surface area contributed by atoms with Crippen LogP contribution in [0.15, 0.2) is 211 Å². The van der Waals surface area contributed by atoms with Crippen molar-refractivity contribution in [2.24, 2.45) is 0 Å². The SMILES string of the molecule is O=C(O)C(O)(CC(=[OH+])OS(c1ccccc1)(c1ccccc1)c1ccccc1)CC(=[OH+])OS(c1ccccc1)(c1ccccc1)c1ccccc1. The third-order valence-corrected chi connectivity index (χ3v) is 14.7. The summed E-state index contributed by atoms with van der Waals surface area (Å²) < 4.78 is 13.1. The van der Waals surface area contributed by atoms with Crippen LogP contribution in [-0.4, -0.2) is 43.3 Å². The molecule has 0 bridgehead atoms. The minimum Gasteiger partial charge on any atom is -0.479 e. The average molecular weight is 719 g/mol. The van der Waals surface area contributed by atoms with Gasteiger partial charge in [-0.1, -0.05) is 109 Å². The number of aliphatic carboxylic acids is 1. The van der Waals surface area contributed by atoms with E-state index in [2.05, 4.69) is 0 Å². The Morgan fingerprint density at radius 1 is 0.451 bits per heavy atom. The molecule has 6 aromatic carbocycles. The molecule has 0 aliphatic rings. The highest BCUT2D eigenvalue weighted by Crippen LogP contribution is 2.70. The van der Waals surface area contributed by atoms with E-state index < -0.39 is 57.0 Å². The fraction of sp³-hybridized carbons (Fsp3) is 0.0714. The van der Waals surface area contributed by atoms with Crippen LogP contribution in [0.2, 0.25) is 0 Å². The van der Waals surface area contributed by atoms with Crippen molar-refractivity contribution in [2.75, 3.05) is 0 Å². The number of carboxylic acid groups (broad SMARTS) is 1. The fourth-order valence-electron chi connectivity index (χ4n) is 5.84. The van der Waals surface area contributed by atoms with Crippen molar-refractivity contribution >= 4 is 38.5 Å². The lowest BCUT2D eigenvalue weighted by Crippen LogP contribution is -2.43. The lowest BCUT2D eigenvalue weighted by atomic mass is 9.96. The second-order valence-electron chi connectivity index (χ2n) is 11.6. The summed E-state index contributed by atoms with van der Waals surface area (Å²) in [6, 6.07) is 56.2. The number of rotatable bonds is 13. The zero-order chi connectivity index (χ0) is 35.7. The molecule has 0 atom stereocenters. The zero-order valence-electron chi connectivity index (χ0n) is 27.6. The second kappa shape index (κ2) is 15.5. The molecule has 0 spiro atoms. The van der Waals surface area contributed by atoms with E-state index in [1.165, 1.54) is 0 Å². The number of hydrogen-bond donors (Lipinski definition) is 2. The van der Waals surface area contributed by atoms with Crippen molar-refractivity contribution in [3.63, 3.8) is 0 Å². The molecule has 9 heteroatoms. The van der Waals surface area contributed by atoms with Crippen molar-refractivity contribution in [3.8, 4) is 0 Å². The molecule has 0 unspecified atom stereocenters. The predicted octanol–water partition coefficient (Wildman–Crippen LogP) is 9.41. The van der Waals surface area contributed by atoms with E-state index in [1.807, 2.05) is 182 Å². The topological polar surface area (TPSA) is 119 Å². The van der Waals surface area contributed by atoms with Gasteiger partial charge >= 0.3 is 17.9 Å². The molecule has 0 saturated carbocycles. The first-order chi connectivity index (χ1) is 24.8. The highest BCUT2D eigenvalue weighted by Gasteiger charge is 2.52. The van der Waals surface area contributed by atoms with Gasteiger partial charge in [0.2, 0.25) is 0 Å². The van der Waals surface area contributed by atoms with Gasteiger partial charge in [0.1, 0.15) is 12.8 Å². The van der Waals surface area contributed by atoms with Crippen LogP contribution in [-0.2, 0) is 13.2 Å². The maximum Gasteiger partial charge on any atom is 0.499 e. The lowest BCUT2D eigenvalue weighted by molar-refractivity contribution is -0.157. The molecule has 0 aromatic heterocycles. The average Bonchev–Trinajstić information content (AvgIpc) is 3.18. The molecule has 258 valence electrons. The molecule has 51 heavy (non-hydrogen) atoms. The highest BCUT2D eigenvalue weighted by atomic mass is 32.3. The molecule has 0 saturated heterocycles. The molecule has 6 aromatic rings. The number of benzene rings is 6. The molecule has 0 amide bonds. The molecular formula is C42H38O7S2+2. The van der Waals surface area contributed by atoms with E-state index >= 15 is 0 Å². The Hall–Kier alpha value is -5.61. The van der Waals surface area contributed by atoms with Gasteiger partial charge in [0, 0.05) is 0 Å². The number of carboxylic acids is 1. The maximum atomic E-state index is 12.8. The van der Waals surface area contributed by atoms with Crippen molar-refractivity contribution in [1.29, 1.82) is 0 Å². The predicted molar refractivity (Wildman–Crippen MR) is 201 cm³/mol. The summed E-state index contributed by atoms with van der Waals surface area (Å²) in [6.45, 7) is 0. The van der Waals surface area contributed by atoms with Gasteiger partial charge in [-0.3, -0.25) is 8.37 Å². The number of aliphatic hydroxyl groups is 1. The van der Waals surface area contributed by atoms with Gasteiger partial charge in [0.05, 0.1) is 50.0 Å². The zero-order valence-corrected chi connectivity index (χ0v) is 29.2. The van der Waals surface area contributed by atoms with E-state index in [9.17, 15) is 24.6 Å². The van der Waals surface area contributed by atoms with Crippen LogP contribution in [0.5, 0.6) is 0 Å². The lowest BCUT2D eigenvalue weighted by Gasteiger charge is -2.34. The maximum absolute atomic E-state index is 12.8. The van der Waals surface area contributed by atoms with Gasteiger partial charge in [-0.2, -0.15) is 0 Å². The van der Waals surface area contributed by atoms with E-state index in [0.29, 0.717) is 0 Å². The Kier molecular flexibility index (Phi) is 10.7. The molecule has 6 rings (SSSR count). The summed E-state index contributed by atoms with van der Waals surface area (Å²) in [5.74, 6) is -3.11. The Morgan fingerprint density at radius 2 is 0.647 bits per heavy atom. The molecule has 0 aliphatic carbocycles. The van der Waals surface area contributed by atoms with E-state index in [-0.39, 0.29) is 0 Å². The van der Waals surface area contributed by atoms with E-state index in [0.717, 1.165) is 29.4 Å². The Labute approximate surface area is 300 Å². The van der Waals surface area contributed by atoms with E-state index in [1.54, 1.807) is 0 Å². The van der Waals surface area contributed by atoms with Crippen LogP contribution in [0.3, 0.4) is 0 Å². The smallest absolute Gasteiger partial charge is 0.479 e. The summed E-state index contributed by atoms with van der Waals surface area (Å²) >= 11 is 0. The Bertz CT molecular complexity index is 1730. The Balaban J connectivity index is 1.37. The van der Waals surface area contributed by atoms with Crippen molar-refractivity contribution < 1.29 is 33.0 Å². The number of carbonyl (C=O) groups is 1. The van der Waals surface area contributed by atoms with Gasteiger partial charge in [-0.25, -0.2) is 4.79 Å². The first-order valence-corrected chi connectivity index (χ1v) is 19.3. The largest absolute Gasteiger partial charge is 0.499 e. The minimum atomic E-state index is -2.72. The van der Waals surface area contributed by atoms with Crippen LogP contribution < -0.4 is 0 Å². The van der Waals surface area contributed by atoms with Crippen LogP contribution >= 0.6 is 20.6 Å². The van der Waals surface area contributed by atoms with Crippen molar-refractivity contribution in [2.45, 2.75) is 47.8 Å². The number of carbonyl (C=O) groups excluding carboxylic acids is 2. The first kappa shape index (κ1) is 35.2. The first-order valence-electron chi connectivity index (χ1n) is 16.2. The second-order valence-corrected chi connectivity index (χ2v) is 17.0. The van der Waals surface area contributed by atoms with Crippen molar-refractivity contribution in [3.05, 3.63) is 182 Å². The summed E-state index contributed by atoms with van der Waals surface area (Å²) in [7, 11) is -5.37. The molecule has 0 radical (unpaired) electrons. The van der Waals surface area contributed by atoms with Crippen LogP contribution in [0.4, 0.5) is 0 Å². The molecule has 7 nitrogen and oxygen atoms in total. The fourth-order valence-corrected chi connectivity index (χ4v) is 12.0. The quantitative estimate of drug-likeness (QED) is 0.115. The van der Waals surface area contributed by atoms with Gasteiger partial charge in [0.15, 0.2) is 5.60 Å². The van der Waals surface area contributed by atoms with Crippen molar-refractivity contribution in [1.82, 2.24) is 0 Å². The van der Waals surface area contributed by atoms with Gasteiger partial charge in [-0.05, 0) is 72.8 Å². The summed E-state index contributed by atoms with van der Waals surface area (Å²) in [5, 5.41) is 22.2. The van der Waals surface area contributed by atoms with Gasteiger partial charge in [0.25, 0.3) is 0 Å². The van der Waals surface area contributed by atoms with Crippen LogP contribution in [0.1, 0.15) is 12.8 Å². The summed E-state index contributed by atoms with van der Waals surface area (Å²) in [5.41, 5.74) is -2.72. The van der Waals surface area contributed by atoms with Gasteiger partial charge in [-0.15, -0.1) is 0 Å². The van der Waals surface area contributed by atoms with Crippen LogP contribution in [0.25, 0.3) is 0 Å². The Morgan fingerprint density at radius 3 is 0.824 bits per heavy atom. The molecule has 0 aliphatic heterocycles. The number of hydrogen-bond acceptors (Lipinski definition) is 4. The summed E-state index contributed by atoms with van der Waals surface area (Å²) in [6.07, 6.45) is -1.72. The van der Waals surface area contributed by atoms with Gasteiger partial charge < -0.3 is 19.8 Å². The summed E-state index contributed by atoms with van der Waals surface area (Å²) in [4.78, 5) is 40.5. The normalized spacial score (nSPS) is 13.3. The highest BCUT2D eigenvalue weighted by molar-refractivity contribution is 8.30. The molecule has 0 heterocycles. The standard InChI is InChI=1S/C42H36O7S2/c43-39(48-50(33-19-7-1-8-20-33,34-21-9-2-10-22-34)35-23-11-3-12-24-35)31-42(47,41(45)46)32-40(44)49-51(36-25-13-4-14-26-36,37-27-15-5-16-28-37)38-29-17-6-18-30-38/h1-30,47H,31-32H2,(H,45,46)/p+2. The van der Waals surface area contributed by atoms with E-state index in [4.69, 9.17) is 8.37 Å². The third kappa shape index (κ3) is 7.32. The molecule has 0 fully saturated rings. The minimum absolute atomic E-state index is 0.716. The monoisotopic (exact) mass is 718 g/mol. The molecule has 4 N–H and O–H groups in total. The van der Waals surface area contributed by atoms with Crippen LogP contribution in [0, 0.1) is 0 Å². The molecular weight excluding hydrogens is 681 g/mol. The third-order valence-electron chi connectivity index (χ3n) is 8.18.